The maximum absolute atomic E-state index is 12.5. The number of hydrogen-bond donors (Lipinski definition) is 1. The first-order valence-electron chi connectivity index (χ1n) is 16.7. The number of carbonyl (C=O) groups is 3. The predicted octanol–water partition coefficient (Wildman–Crippen LogP) is 7.73. The SMILES string of the molecule is CC/C=C/C=C/C=C/C=C/CCCCCC(=O)OC(COCCC(C(=O)O)[N+](C)(C)C)COC(=O)CCCCCCCCC. The van der Waals surface area contributed by atoms with E-state index in [1.807, 2.05) is 57.6 Å². The fourth-order valence-electron chi connectivity index (χ4n) is 4.45. The summed E-state index contributed by atoms with van der Waals surface area (Å²) < 4.78 is 17.0. The number of nitrogens with zero attached hydrogens (tertiary/aromatic N) is 1. The normalized spacial score (nSPS) is 13.8. The first-order chi connectivity index (χ1) is 21.1. The van der Waals surface area contributed by atoms with Gasteiger partial charge in [-0.1, -0.05) is 107 Å². The molecule has 2 atom stereocenters. The molecular formula is C36H62NO7+. The molecule has 0 spiro atoms. The summed E-state index contributed by atoms with van der Waals surface area (Å²) in [6, 6.07) is -0.619. The largest absolute Gasteiger partial charge is 0.477 e. The molecule has 0 heterocycles. The Bertz CT molecular complexity index is 870. The third-order valence-corrected chi connectivity index (χ3v) is 7.09. The minimum atomic E-state index is -0.886. The van der Waals surface area contributed by atoms with Gasteiger partial charge >= 0.3 is 17.9 Å². The van der Waals surface area contributed by atoms with Crippen LogP contribution in [0.1, 0.15) is 110 Å². The summed E-state index contributed by atoms with van der Waals surface area (Å²) in [5.41, 5.74) is 0. The molecular weight excluding hydrogens is 558 g/mol. The Labute approximate surface area is 267 Å². The lowest BCUT2D eigenvalue weighted by Crippen LogP contribution is -2.50. The number of carboxylic acids is 1. The van der Waals surface area contributed by atoms with Gasteiger partial charge < -0.3 is 23.8 Å². The Balaban J connectivity index is 4.57. The molecule has 0 fully saturated rings. The van der Waals surface area contributed by atoms with Crippen molar-refractivity contribution in [1.29, 1.82) is 0 Å². The van der Waals surface area contributed by atoms with Crippen molar-refractivity contribution < 1.29 is 38.2 Å². The number of unbranched alkanes of at least 4 members (excludes halogenated alkanes) is 9. The van der Waals surface area contributed by atoms with Gasteiger partial charge in [0.05, 0.1) is 34.4 Å². The summed E-state index contributed by atoms with van der Waals surface area (Å²) in [5.74, 6) is -1.54. The van der Waals surface area contributed by atoms with Gasteiger partial charge in [-0.25, -0.2) is 4.79 Å². The van der Waals surface area contributed by atoms with Crippen molar-refractivity contribution in [3.05, 3.63) is 48.6 Å². The van der Waals surface area contributed by atoms with Crippen molar-refractivity contribution in [2.24, 2.45) is 0 Å². The average molecular weight is 621 g/mol. The fraction of sp³-hybridized carbons (Fsp3) is 0.694. The van der Waals surface area contributed by atoms with Crippen molar-refractivity contribution in [3.8, 4) is 0 Å². The van der Waals surface area contributed by atoms with Crippen molar-refractivity contribution in [2.75, 3.05) is 41.0 Å². The first-order valence-corrected chi connectivity index (χ1v) is 16.7. The third-order valence-electron chi connectivity index (χ3n) is 7.09. The summed E-state index contributed by atoms with van der Waals surface area (Å²) >= 11 is 0. The quantitative estimate of drug-likeness (QED) is 0.0413. The molecule has 0 aliphatic rings. The van der Waals surface area contributed by atoms with Crippen molar-refractivity contribution in [1.82, 2.24) is 0 Å². The van der Waals surface area contributed by atoms with Crippen molar-refractivity contribution >= 4 is 17.9 Å². The van der Waals surface area contributed by atoms with E-state index in [1.165, 1.54) is 25.7 Å². The Morgan fingerprint density at radius 1 is 0.705 bits per heavy atom. The zero-order valence-electron chi connectivity index (χ0n) is 28.3. The van der Waals surface area contributed by atoms with Crippen molar-refractivity contribution in [2.45, 2.75) is 122 Å². The molecule has 1 N–H and O–H groups in total. The van der Waals surface area contributed by atoms with E-state index in [0.29, 0.717) is 19.3 Å². The first kappa shape index (κ1) is 41.3. The molecule has 44 heavy (non-hydrogen) atoms. The lowest BCUT2D eigenvalue weighted by Gasteiger charge is -2.31. The maximum atomic E-state index is 12.5. The van der Waals surface area contributed by atoms with Gasteiger partial charge in [0.25, 0.3) is 0 Å². The van der Waals surface area contributed by atoms with Crippen LogP contribution in [0.25, 0.3) is 0 Å². The van der Waals surface area contributed by atoms with Gasteiger partial charge in [-0.2, -0.15) is 0 Å². The summed E-state index contributed by atoms with van der Waals surface area (Å²) in [7, 11) is 5.48. The smallest absolute Gasteiger partial charge is 0.362 e. The molecule has 0 bridgehead atoms. The van der Waals surface area contributed by atoms with E-state index >= 15 is 0 Å². The van der Waals surface area contributed by atoms with Crippen LogP contribution in [0.5, 0.6) is 0 Å². The van der Waals surface area contributed by atoms with Gasteiger partial charge in [-0.15, -0.1) is 0 Å². The fourth-order valence-corrected chi connectivity index (χ4v) is 4.45. The van der Waals surface area contributed by atoms with Gasteiger partial charge in [-0.3, -0.25) is 9.59 Å². The van der Waals surface area contributed by atoms with Gasteiger partial charge in [0, 0.05) is 19.3 Å². The highest BCUT2D eigenvalue weighted by molar-refractivity contribution is 5.72. The maximum Gasteiger partial charge on any atom is 0.362 e. The molecule has 0 aliphatic carbocycles. The second-order valence-corrected chi connectivity index (χ2v) is 12.1. The molecule has 0 aromatic carbocycles. The van der Waals surface area contributed by atoms with Crippen molar-refractivity contribution in [3.63, 3.8) is 0 Å². The molecule has 0 aliphatic heterocycles. The number of rotatable bonds is 28. The summed E-state index contributed by atoms with van der Waals surface area (Å²) in [6.45, 7) is 4.47. The minimum absolute atomic E-state index is 0.0440. The molecule has 0 amide bonds. The van der Waals surface area contributed by atoms with Gasteiger partial charge in [0.1, 0.15) is 6.61 Å². The van der Waals surface area contributed by atoms with Crippen LogP contribution >= 0.6 is 0 Å². The Morgan fingerprint density at radius 2 is 1.27 bits per heavy atom. The summed E-state index contributed by atoms with van der Waals surface area (Å²) in [5, 5.41) is 9.53. The number of likely N-dealkylation sites (N-methyl/N-ethyl adjacent to an activating group) is 1. The van der Waals surface area contributed by atoms with E-state index in [0.717, 1.165) is 44.9 Å². The van der Waals surface area contributed by atoms with Gasteiger partial charge in [0.2, 0.25) is 0 Å². The Hall–Kier alpha value is -2.71. The molecule has 0 aromatic heterocycles. The number of carboxylic acid groups (broad SMARTS) is 1. The highest BCUT2D eigenvalue weighted by atomic mass is 16.6. The number of aliphatic carboxylic acids is 1. The van der Waals surface area contributed by atoms with E-state index < -0.39 is 18.1 Å². The highest BCUT2D eigenvalue weighted by Crippen LogP contribution is 2.12. The van der Waals surface area contributed by atoms with E-state index in [9.17, 15) is 19.5 Å². The molecule has 8 heteroatoms. The van der Waals surface area contributed by atoms with Crippen LogP contribution in [0.2, 0.25) is 0 Å². The predicted molar refractivity (Wildman–Crippen MR) is 178 cm³/mol. The second kappa shape index (κ2) is 27.8. The number of quaternary nitrogens is 1. The van der Waals surface area contributed by atoms with E-state index in [1.54, 1.807) is 0 Å². The van der Waals surface area contributed by atoms with E-state index in [-0.39, 0.29) is 42.7 Å². The molecule has 252 valence electrons. The number of ether oxygens (including phenoxy) is 3. The Morgan fingerprint density at radius 3 is 1.89 bits per heavy atom. The molecule has 0 saturated carbocycles. The van der Waals surface area contributed by atoms with Crippen LogP contribution in [0, 0.1) is 0 Å². The van der Waals surface area contributed by atoms with E-state index in [4.69, 9.17) is 14.2 Å². The molecule has 0 saturated heterocycles. The number of carbonyl (C=O) groups excluding carboxylic acids is 2. The van der Waals surface area contributed by atoms with Gasteiger partial charge in [-0.05, 0) is 32.1 Å². The van der Waals surface area contributed by atoms with Crippen LogP contribution in [-0.2, 0) is 28.6 Å². The topological polar surface area (TPSA) is 99.1 Å². The van der Waals surface area contributed by atoms with Gasteiger partial charge in [0.15, 0.2) is 12.1 Å². The van der Waals surface area contributed by atoms with E-state index in [2.05, 4.69) is 26.0 Å². The monoisotopic (exact) mass is 620 g/mol. The van der Waals surface area contributed by atoms with Crippen LogP contribution in [0.3, 0.4) is 0 Å². The molecule has 0 rings (SSSR count). The lowest BCUT2D eigenvalue weighted by molar-refractivity contribution is -0.887. The third kappa shape index (κ3) is 25.8. The zero-order valence-corrected chi connectivity index (χ0v) is 28.3. The summed E-state index contributed by atoms with van der Waals surface area (Å²) in [4.78, 5) is 36.5. The zero-order chi connectivity index (χ0) is 32.9. The molecule has 0 aromatic rings. The highest BCUT2D eigenvalue weighted by Gasteiger charge is 2.31. The average Bonchev–Trinajstić information content (AvgIpc) is 2.96. The van der Waals surface area contributed by atoms with Crippen LogP contribution < -0.4 is 0 Å². The Kier molecular flexibility index (Phi) is 26.1. The molecule has 8 nitrogen and oxygen atoms in total. The molecule has 2 unspecified atom stereocenters. The number of allylic oxidation sites excluding steroid dienone is 8. The van der Waals surface area contributed by atoms with Crippen LogP contribution in [-0.4, -0.2) is 80.6 Å². The number of esters is 2. The lowest BCUT2D eigenvalue weighted by atomic mass is 10.1. The standard InChI is InChI=1S/C36H61NO7/c1-6-8-10-12-14-15-16-17-18-19-21-23-25-27-35(39)44-32(30-42-29-28-33(36(40)41)37(3,4)5)31-43-34(38)26-24-22-20-13-11-9-7-2/h8,10,12,14-18,32-33H,6-7,9,11,13,19-31H2,1-5H3/p+1/b10-8+,14-12+,16-15+,18-17+. The second-order valence-electron chi connectivity index (χ2n) is 12.1. The summed E-state index contributed by atoms with van der Waals surface area (Å²) in [6.07, 6.45) is 28.8. The van der Waals surface area contributed by atoms with Crippen LogP contribution in [0.4, 0.5) is 0 Å². The molecule has 0 radical (unpaired) electrons. The minimum Gasteiger partial charge on any atom is -0.477 e. The number of hydrogen-bond acceptors (Lipinski definition) is 6. The van der Waals surface area contributed by atoms with Crippen LogP contribution in [0.15, 0.2) is 48.6 Å².